The van der Waals surface area contributed by atoms with Crippen LogP contribution in [0.25, 0.3) is 0 Å². The quantitative estimate of drug-likeness (QED) is 0.564. The number of benzene rings is 2. The Hall–Kier alpha value is -2.84. The van der Waals surface area contributed by atoms with Crippen LogP contribution in [0.1, 0.15) is 18.1 Å². The molecule has 0 spiro atoms. The minimum atomic E-state index is -3.96. The van der Waals surface area contributed by atoms with Crippen LogP contribution >= 0.6 is 11.3 Å². The molecule has 6 nitrogen and oxygen atoms in total. The van der Waals surface area contributed by atoms with E-state index in [0.29, 0.717) is 24.5 Å². The van der Waals surface area contributed by atoms with Gasteiger partial charge in [0.2, 0.25) is 5.91 Å². The van der Waals surface area contributed by atoms with Crippen molar-refractivity contribution in [2.75, 3.05) is 18.0 Å². The largest absolute Gasteiger partial charge is 0.495 e. The lowest BCUT2D eigenvalue weighted by Gasteiger charge is -2.35. The molecule has 0 bridgehead atoms. The van der Waals surface area contributed by atoms with Gasteiger partial charge in [0.25, 0.3) is 10.0 Å². The fourth-order valence-corrected chi connectivity index (χ4v) is 6.62. The van der Waals surface area contributed by atoms with Gasteiger partial charge in [-0.05, 0) is 48.1 Å². The molecule has 1 atom stereocenters. The van der Waals surface area contributed by atoms with Crippen molar-refractivity contribution in [2.24, 2.45) is 0 Å². The molecule has 1 aliphatic rings. The molecule has 1 amide bonds. The minimum absolute atomic E-state index is 0.182. The molecule has 162 valence electrons. The number of hydrogen-bond acceptors (Lipinski definition) is 5. The normalized spacial score (nSPS) is 14.6. The summed E-state index contributed by atoms with van der Waals surface area (Å²) in [4.78, 5) is 15.3. The van der Waals surface area contributed by atoms with E-state index < -0.39 is 16.1 Å². The average molecular weight is 457 g/mol. The summed E-state index contributed by atoms with van der Waals surface area (Å²) in [6, 6.07) is 17.2. The Morgan fingerprint density at radius 3 is 2.48 bits per heavy atom. The molecule has 1 unspecified atom stereocenters. The van der Waals surface area contributed by atoms with E-state index in [2.05, 4.69) is 6.07 Å². The first-order chi connectivity index (χ1) is 14.9. The number of carbonyl (C=O) groups excluding carboxylic acids is 1. The van der Waals surface area contributed by atoms with Crippen molar-refractivity contribution >= 4 is 33.0 Å². The number of rotatable bonds is 6. The first-order valence-corrected chi connectivity index (χ1v) is 12.3. The molecule has 4 rings (SSSR count). The third-order valence-electron chi connectivity index (χ3n) is 5.48. The Bertz CT molecular complexity index is 1180. The first kappa shape index (κ1) is 21.4. The van der Waals surface area contributed by atoms with Gasteiger partial charge in [0.05, 0.1) is 12.8 Å². The summed E-state index contributed by atoms with van der Waals surface area (Å²) in [6.07, 6.45) is 0.751. The van der Waals surface area contributed by atoms with Gasteiger partial charge in [0.15, 0.2) is 0 Å². The SMILES string of the molecule is COc1ccccc1N(C(C)C(=O)N1CCc2ccccc2C1)S(=O)(=O)c1cccs1. The molecule has 1 aromatic heterocycles. The highest BCUT2D eigenvalue weighted by Crippen LogP contribution is 2.35. The van der Waals surface area contributed by atoms with E-state index in [9.17, 15) is 13.2 Å². The second-order valence-electron chi connectivity index (χ2n) is 7.36. The third kappa shape index (κ3) is 4.05. The highest BCUT2D eigenvalue weighted by atomic mass is 32.2. The molecule has 0 saturated carbocycles. The maximum atomic E-state index is 13.6. The molecule has 0 fully saturated rings. The number of fused-ring (bicyclic) bond motifs is 1. The molecule has 0 aliphatic carbocycles. The Kier molecular flexibility index (Phi) is 6.02. The van der Waals surface area contributed by atoms with E-state index in [1.807, 2.05) is 18.2 Å². The molecule has 0 radical (unpaired) electrons. The molecule has 0 N–H and O–H groups in total. The van der Waals surface area contributed by atoms with Gasteiger partial charge < -0.3 is 9.64 Å². The predicted octanol–water partition coefficient (Wildman–Crippen LogP) is 3.93. The number of hydrogen-bond donors (Lipinski definition) is 0. The summed E-state index contributed by atoms with van der Waals surface area (Å²) >= 11 is 1.13. The fourth-order valence-electron chi connectivity index (χ4n) is 3.91. The van der Waals surface area contributed by atoms with Gasteiger partial charge in [-0.1, -0.05) is 42.5 Å². The molecular weight excluding hydrogens is 432 g/mol. The number of methoxy groups -OCH3 is 1. The Balaban J connectivity index is 1.72. The molecular formula is C23H24N2O4S2. The number of nitrogens with zero attached hydrogens (tertiary/aromatic N) is 2. The lowest BCUT2D eigenvalue weighted by Crippen LogP contribution is -2.50. The van der Waals surface area contributed by atoms with Crippen molar-refractivity contribution in [1.29, 1.82) is 0 Å². The molecule has 2 heterocycles. The topological polar surface area (TPSA) is 66.9 Å². The number of amides is 1. The van der Waals surface area contributed by atoms with Gasteiger partial charge in [0.1, 0.15) is 16.0 Å². The van der Waals surface area contributed by atoms with Gasteiger partial charge in [0, 0.05) is 13.1 Å². The highest BCUT2D eigenvalue weighted by molar-refractivity contribution is 7.94. The van der Waals surface area contributed by atoms with Crippen molar-refractivity contribution in [3.05, 3.63) is 77.2 Å². The van der Waals surface area contributed by atoms with Gasteiger partial charge in [-0.2, -0.15) is 0 Å². The smallest absolute Gasteiger partial charge is 0.274 e. The van der Waals surface area contributed by atoms with Crippen molar-refractivity contribution in [2.45, 2.75) is 30.1 Å². The third-order valence-corrected chi connectivity index (χ3v) is 8.74. The Morgan fingerprint density at radius 2 is 1.77 bits per heavy atom. The molecule has 31 heavy (non-hydrogen) atoms. The fraction of sp³-hybridized carbons (Fsp3) is 0.261. The number of para-hydroxylation sites is 2. The predicted molar refractivity (Wildman–Crippen MR) is 122 cm³/mol. The van der Waals surface area contributed by atoms with E-state index in [4.69, 9.17) is 4.74 Å². The zero-order valence-corrected chi connectivity index (χ0v) is 19.0. The van der Waals surface area contributed by atoms with Crippen LogP contribution in [0.2, 0.25) is 0 Å². The molecule has 0 saturated heterocycles. The second-order valence-corrected chi connectivity index (χ2v) is 10.3. The van der Waals surface area contributed by atoms with Gasteiger partial charge in [-0.25, -0.2) is 12.7 Å². The zero-order chi connectivity index (χ0) is 22.0. The maximum Gasteiger partial charge on any atom is 0.274 e. The summed E-state index contributed by atoms with van der Waals surface area (Å²) in [5, 5.41) is 1.71. The van der Waals surface area contributed by atoms with Crippen LogP contribution in [-0.4, -0.2) is 38.9 Å². The number of carbonyl (C=O) groups is 1. The monoisotopic (exact) mass is 456 g/mol. The van der Waals surface area contributed by atoms with Gasteiger partial charge in [-0.3, -0.25) is 4.79 Å². The van der Waals surface area contributed by atoms with E-state index in [0.717, 1.165) is 23.3 Å². The van der Waals surface area contributed by atoms with E-state index >= 15 is 0 Å². The van der Waals surface area contributed by atoms with Crippen LogP contribution in [0.3, 0.4) is 0 Å². The van der Waals surface area contributed by atoms with Gasteiger partial charge >= 0.3 is 0 Å². The number of ether oxygens (including phenoxy) is 1. The van der Waals surface area contributed by atoms with Crippen LogP contribution in [0.4, 0.5) is 5.69 Å². The van der Waals surface area contributed by atoms with E-state index in [1.165, 1.54) is 17.0 Å². The van der Waals surface area contributed by atoms with Crippen LogP contribution in [0, 0.1) is 0 Å². The second kappa shape index (κ2) is 8.72. The number of sulfonamides is 1. The van der Waals surface area contributed by atoms with Crippen LogP contribution in [0.15, 0.2) is 70.3 Å². The highest BCUT2D eigenvalue weighted by Gasteiger charge is 2.38. The van der Waals surface area contributed by atoms with E-state index in [1.54, 1.807) is 53.6 Å². The lowest BCUT2D eigenvalue weighted by molar-refractivity contribution is -0.132. The summed E-state index contributed by atoms with van der Waals surface area (Å²) in [5.74, 6) is 0.159. The summed E-state index contributed by atoms with van der Waals surface area (Å²) in [5.41, 5.74) is 2.67. The first-order valence-electron chi connectivity index (χ1n) is 10.00. The standard InChI is InChI=1S/C23H24N2O4S2/c1-17(23(26)24-14-13-18-8-3-4-9-19(18)16-24)25(20-10-5-6-11-21(20)29-2)31(27,28)22-12-7-15-30-22/h3-12,15,17H,13-14,16H2,1-2H3. The lowest BCUT2D eigenvalue weighted by atomic mass is 9.99. The van der Waals surface area contributed by atoms with Crippen LogP contribution in [0.5, 0.6) is 5.75 Å². The number of anilines is 1. The van der Waals surface area contributed by atoms with Crippen molar-refractivity contribution < 1.29 is 17.9 Å². The van der Waals surface area contributed by atoms with Crippen molar-refractivity contribution in [1.82, 2.24) is 4.90 Å². The summed E-state index contributed by atoms with van der Waals surface area (Å²) < 4.78 is 34.0. The van der Waals surface area contributed by atoms with Gasteiger partial charge in [-0.15, -0.1) is 11.3 Å². The molecule has 1 aliphatic heterocycles. The number of thiophene rings is 1. The zero-order valence-electron chi connectivity index (χ0n) is 17.4. The molecule has 3 aromatic rings. The van der Waals surface area contributed by atoms with E-state index in [-0.39, 0.29) is 10.1 Å². The van der Waals surface area contributed by atoms with Crippen LogP contribution < -0.4 is 9.04 Å². The van der Waals surface area contributed by atoms with Crippen molar-refractivity contribution in [3.63, 3.8) is 0 Å². The van der Waals surface area contributed by atoms with Crippen molar-refractivity contribution in [3.8, 4) is 5.75 Å². The Morgan fingerprint density at radius 1 is 1.06 bits per heavy atom. The summed E-state index contributed by atoms with van der Waals surface area (Å²) in [7, 11) is -2.47. The maximum absolute atomic E-state index is 13.6. The molecule has 8 heteroatoms. The summed E-state index contributed by atoms with van der Waals surface area (Å²) in [6.45, 7) is 2.66. The van der Waals surface area contributed by atoms with Crippen LogP contribution in [-0.2, 0) is 27.8 Å². The molecule has 2 aromatic carbocycles. The Labute approximate surface area is 186 Å². The average Bonchev–Trinajstić information content (AvgIpc) is 3.34. The minimum Gasteiger partial charge on any atom is -0.495 e.